The van der Waals surface area contributed by atoms with Gasteiger partial charge >= 0.3 is 0 Å². The molecule has 0 bridgehead atoms. The van der Waals surface area contributed by atoms with E-state index in [9.17, 15) is 0 Å². The van der Waals surface area contributed by atoms with Crippen LogP contribution in [0.15, 0.2) is 35.8 Å². The summed E-state index contributed by atoms with van der Waals surface area (Å²) in [5, 5.41) is 6.77. The van der Waals surface area contributed by atoms with Gasteiger partial charge in [-0.1, -0.05) is 6.07 Å². The molecule has 0 spiro atoms. The Bertz CT molecular complexity index is 827. The monoisotopic (exact) mass is 325 g/mol. The number of nitrogens with one attached hydrogen (secondary N) is 1. The topological polar surface area (TPSA) is 53.9 Å². The lowest BCUT2D eigenvalue weighted by Crippen LogP contribution is -2.57. The van der Waals surface area contributed by atoms with Crippen LogP contribution in [-0.4, -0.2) is 40.1 Å². The standard InChI is InChI=1S/C17H19N5S/c1-17(2)11-22(9-8-19-17)15-12-6-10-23-16(12)21-14(20-15)13-5-3-4-7-18-13/h3-7,10,19H,8-9,11H2,1-2H3. The average molecular weight is 325 g/mol. The molecule has 1 aliphatic heterocycles. The lowest BCUT2D eigenvalue weighted by atomic mass is 10.0. The van der Waals surface area contributed by atoms with Gasteiger partial charge in [-0.05, 0) is 37.4 Å². The molecule has 0 saturated carbocycles. The number of anilines is 1. The maximum Gasteiger partial charge on any atom is 0.181 e. The third-order valence-corrected chi connectivity index (χ3v) is 4.88. The van der Waals surface area contributed by atoms with Crippen LogP contribution < -0.4 is 10.2 Å². The smallest absolute Gasteiger partial charge is 0.181 e. The van der Waals surface area contributed by atoms with Gasteiger partial charge in [0.1, 0.15) is 16.3 Å². The van der Waals surface area contributed by atoms with Crippen molar-refractivity contribution in [2.24, 2.45) is 0 Å². The fourth-order valence-electron chi connectivity index (χ4n) is 3.01. The van der Waals surface area contributed by atoms with Gasteiger partial charge in [0.15, 0.2) is 5.82 Å². The summed E-state index contributed by atoms with van der Waals surface area (Å²) in [4.78, 5) is 17.3. The highest BCUT2D eigenvalue weighted by Gasteiger charge is 2.28. The molecule has 23 heavy (non-hydrogen) atoms. The van der Waals surface area contributed by atoms with Crippen LogP contribution >= 0.6 is 11.3 Å². The average Bonchev–Trinajstić information content (AvgIpc) is 3.02. The van der Waals surface area contributed by atoms with Crippen molar-refractivity contribution in [1.82, 2.24) is 20.3 Å². The number of thiophene rings is 1. The van der Waals surface area contributed by atoms with Crippen molar-refractivity contribution in [1.29, 1.82) is 0 Å². The van der Waals surface area contributed by atoms with E-state index in [1.54, 1.807) is 17.5 Å². The first kappa shape index (κ1) is 14.5. The maximum atomic E-state index is 4.86. The molecule has 0 unspecified atom stereocenters. The lowest BCUT2D eigenvalue weighted by molar-refractivity contribution is 0.352. The van der Waals surface area contributed by atoms with E-state index >= 15 is 0 Å². The van der Waals surface area contributed by atoms with Crippen LogP contribution in [0.4, 0.5) is 5.82 Å². The number of hydrogen-bond donors (Lipinski definition) is 1. The van der Waals surface area contributed by atoms with E-state index in [4.69, 9.17) is 9.97 Å². The molecule has 3 aromatic heterocycles. The second-order valence-corrected chi connectivity index (χ2v) is 7.35. The third-order valence-electron chi connectivity index (χ3n) is 4.07. The Morgan fingerprint density at radius 1 is 1.22 bits per heavy atom. The molecule has 1 aliphatic rings. The molecule has 1 saturated heterocycles. The van der Waals surface area contributed by atoms with Crippen molar-refractivity contribution >= 4 is 27.4 Å². The van der Waals surface area contributed by atoms with Gasteiger partial charge in [-0.25, -0.2) is 9.97 Å². The molecule has 0 aliphatic carbocycles. The molecule has 1 N–H and O–H groups in total. The van der Waals surface area contributed by atoms with Crippen LogP contribution in [0.25, 0.3) is 21.7 Å². The van der Waals surface area contributed by atoms with E-state index in [0.29, 0.717) is 5.82 Å². The van der Waals surface area contributed by atoms with E-state index in [1.807, 2.05) is 18.2 Å². The minimum absolute atomic E-state index is 0.0801. The molecule has 0 radical (unpaired) electrons. The quantitative estimate of drug-likeness (QED) is 0.785. The van der Waals surface area contributed by atoms with Gasteiger partial charge in [0, 0.05) is 31.4 Å². The van der Waals surface area contributed by atoms with Crippen molar-refractivity contribution in [3.05, 3.63) is 35.8 Å². The molecule has 118 valence electrons. The van der Waals surface area contributed by atoms with Crippen LogP contribution in [0.1, 0.15) is 13.8 Å². The van der Waals surface area contributed by atoms with Gasteiger partial charge in [0.05, 0.1) is 5.39 Å². The molecule has 4 heterocycles. The Kier molecular flexibility index (Phi) is 3.50. The Balaban J connectivity index is 1.83. The number of piperazine rings is 1. The predicted octanol–water partition coefficient (Wildman–Crippen LogP) is 2.94. The first-order valence-electron chi connectivity index (χ1n) is 7.79. The van der Waals surface area contributed by atoms with E-state index < -0.39 is 0 Å². The molecule has 4 rings (SSSR count). The van der Waals surface area contributed by atoms with Crippen molar-refractivity contribution < 1.29 is 0 Å². The predicted molar refractivity (Wildman–Crippen MR) is 94.9 cm³/mol. The second-order valence-electron chi connectivity index (χ2n) is 6.46. The zero-order valence-corrected chi connectivity index (χ0v) is 14.1. The molecule has 6 heteroatoms. The number of pyridine rings is 1. The minimum atomic E-state index is 0.0801. The number of aromatic nitrogens is 3. The van der Waals surface area contributed by atoms with Gasteiger partial charge in [-0.2, -0.15) is 0 Å². The number of fused-ring (bicyclic) bond motifs is 1. The zero-order chi connectivity index (χ0) is 15.9. The summed E-state index contributed by atoms with van der Waals surface area (Å²) in [6.07, 6.45) is 1.78. The Morgan fingerprint density at radius 2 is 2.13 bits per heavy atom. The summed E-state index contributed by atoms with van der Waals surface area (Å²) >= 11 is 1.65. The van der Waals surface area contributed by atoms with Crippen LogP contribution in [-0.2, 0) is 0 Å². The molecule has 5 nitrogen and oxygen atoms in total. The van der Waals surface area contributed by atoms with Crippen LogP contribution in [0, 0.1) is 0 Å². The highest BCUT2D eigenvalue weighted by Crippen LogP contribution is 2.31. The van der Waals surface area contributed by atoms with E-state index in [0.717, 1.165) is 41.4 Å². The van der Waals surface area contributed by atoms with Crippen LogP contribution in [0.2, 0.25) is 0 Å². The fraction of sp³-hybridized carbons (Fsp3) is 0.353. The van der Waals surface area contributed by atoms with Crippen molar-refractivity contribution in [2.75, 3.05) is 24.5 Å². The van der Waals surface area contributed by atoms with Gasteiger partial charge in [0.25, 0.3) is 0 Å². The molecule has 0 aromatic carbocycles. The summed E-state index contributed by atoms with van der Waals surface area (Å²) < 4.78 is 0. The number of nitrogens with zero attached hydrogens (tertiary/aromatic N) is 4. The highest BCUT2D eigenvalue weighted by atomic mass is 32.1. The van der Waals surface area contributed by atoms with Gasteiger partial charge in [0.2, 0.25) is 0 Å². The van der Waals surface area contributed by atoms with Crippen molar-refractivity contribution in [3.63, 3.8) is 0 Å². The van der Waals surface area contributed by atoms with E-state index in [1.165, 1.54) is 0 Å². The molecule has 3 aromatic rings. The molecule has 0 atom stereocenters. The number of rotatable bonds is 2. The Hall–Kier alpha value is -2.05. The summed E-state index contributed by atoms with van der Waals surface area (Å²) in [7, 11) is 0. The normalized spacial score (nSPS) is 17.6. The van der Waals surface area contributed by atoms with Crippen LogP contribution in [0.5, 0.6) is 0 Å². The highest BCUT2D eigenvalue weighted by molar-refractivity contribution is 7.16. The van der Waals surface area contributed by atoms with Gasteiger partial charge < -0.3 is 10.2 Å². The van der Waals surface area contributed by atoms with Gasteiger partial charge in [-0.15, -0.1) is 11.3 Å². The van der Waals surface area contributed by atoms with Crippen LogP contribution in [0.3, 0.4) is 0 Å². The molecular formula is C17H19N5S. The molecular weight excluding hydrogens is 306 g/mol. The summed E-state index contributed by atoms with van der Waals surface area (Å²) in [5.74, 6) is 1.72. The molecule has 0 amide bonds. The van der Waals surface area contributed by atoms with E-state index in [2.05, 4.69) is 40.5 Å². The van der Waals surface area contributed by atoms with Crippen molar-refractivity contribution in [3.8, 4) is 11.5 Å². The van der Waals surface area contributed by atoms with E-state index in [-0.39, 0.29) is 5.54 Å². The maximum absolute atomic E-state index is 4.86. The molecule has 1 fully saturated rings. The Labute approximate surface area is 139 Å². The minimum Gasteiger partial charge on any atom is -0.353 e. The number of hydrogen-bond acceptors (Lipinski definition) is 6. The largest absolute Gasteiger partial charge is 0.353 e. The summed E-state index contributed by atoms with van der Waals surface area (Å²) in [6, 6.07) is 7.96. The lowest BCUT2D eigenvalue weighted by Gasteiger charge is -2.40. The second kappa shape index (κ2) is 5.54. The third kappa shape index (κ3) is 2.80. The van der Waals surface area contributed by atoms with Crippen molar-refractivity contribution in [2.45, 2.75) is 19.4 Å². The zero-order valence-electron chi connectivity index (χ0n) is 13.3. The summed E-state index contributed by atoms with van der Waals surface area (Å²) in [6.45, 7) is 7.29. The summed E-state index contributed by atoms with van der Waals surface area (Å²) in [5.41, 5.74) is 0.898. The SMILES string of the molecule is CC1(C)CN(c2nc(-c3ccccn3)nc3sccc23)CCN1. The fourth-order valence-corrected chi connectivity index (χ4v) is 3.77. The van der Waals surface area contributed by atoms with Gasteiger partial charge in [-0.3, -0.25) is 4.98 Å². The first-order valence-corrected chi connectivity index (χ1v) is 8.67. The first-order chi connectivity index (χ1) is 11.1. The Morgan fingerprint density at radius 3 is 2.91 bits per heavy atom.